The Hall–Kier alpha value is -3.29. The first-order valence-corrected chi connectivity index (χ1v) is 9.73. The fourth-order valence-corrected chi connectivity index (χ4v) is 2.47. The molecule has 0 aliphatic heterocycles. The molecule has 0 aliphatic carbocycles. The van der Waals surface area contributed by atoms with Crippen molar-refractivity contribution in [2.75, 3.05) is 13.2 Å². The van der Waals surface area contributed by atoms with Gasteiger partial charge in [-0.15, -0.1) is 0 Å². The van der Waals surface area contributed by atoms with Gasteiger partial charge in [-0.25, -0.2) is 9.59 Å². The summed E-state index contributed by atoms with van der Waals surface area (Å²) in [5.41, 5.74) is 1.06. The summed E-state index contributed by atoms with van der Waals surface area (Å²) in [6.07, 6.45) is -1.79. The van der Waals surface area contributed by atoms with E-state index in [9.17, 15) is 22.8 Å². The Balaban J connectivity index is 1.80. The van der Waals surface area contributed by atoms with E-state index in [1.54, 1.807) is 61.5 Å². The lowest BCUT2D eigenvalue weighted by atomic mass is 10.1. The molecule has 0 N–H and O–H groups in total. The molecule has 0 unspecified atom stereocenters. The Labute approximate surface area is 178 Å². The second kappa shape index (κ2) is 11.8. The van der Waals surface area contributed by atoms with Crippen molar-refractivity contribution in [1.29, 1.82) is 0 Å². The maximum atomic E-state index is 12.2. The van der Waals surface area contributed by atoms with E-state index in [-0.39, 0.29) is 13.0 Å². The number of hydrogen-bond donors (Lipinski definition) is 0. The minimum absolute atomic E-state index is 0.0105. The SMILES string of the molecule is CCOC(=O)C=Cc1ccc(C(=O)Oc2ccc(OCCCCC(F)(F)F)cc2)cc1. The molecule has 0 amide bonds. The quantitative estimate of drug-likeness (QED) is 0.210. The Bertz CT molecular complexity index is 872. The molecular weight excluding hydrogens is 413 g/mol. The number of carbonyl (C=O) groups excluding carboxylic acids is 2. The van der Waals surface area contributed by atoms with Crippen LogP contribution in [0.3, 0.4) is 0 Å². The first-order chi connectivity index (χ1) is 14.8. The van der Waals surface area contributed by atoms with Gasteiger partial charge in [0.25, 0.3) is 0 Å². The minimum atomic E-state index is -4.15. The standard InChI is InChI=1S/C23H23F3O5/c1-2-29-21(27)14-7-17-5-8-18(9-6-17)22(28)31-20-12-10-19(11-13-20)30-16-4-3-15-23(24,25)26/h5-14H,2-4,15-16H2,1H3. The summed E-state index contributed by atoms with van der Waals surface area (Å²) in [5.74, 6) is -0.216. The van der Waals surface area contributed by atoms with E-state index in [1.165, 1.54) is 6.08 Å². The van der Waals surface area contributed by atoms with Crippen LogP contribution >= 0.6 is 0 Å². The molecule has 2 rings (SSSR count). The molecule has 166 valence electrons. The van der Waals surface area contributed by atoms with E-state index < -0.39 is 24.5 Å². The first kappa shape index (κ1) is 24.0. The second-order valence-electron chi connectivity index (χ2n) is 6.49. The third kappa shape index (κ3) is 9.37. The maximum Gasteiger partial charge on any atom is 0.389 e. The van der Waals surface area contributed by atoms with Crippen molar-refractivity contribution in [3.8, 4) is 11.5 Å². The van der Waals surface area contributed by atoms with Gasteiger partial charge in [-0.05, 0) is 67.8 Å². The molecule has 0 spiro atoms. The monoisotopic (exact) mass is 436 g/mol. The normalized spacial score (nSPS) is 11.4. The number of esters is 2. The summed E-state index contributed by atoms with van der Waals surface area (Å²) in [5, 5.41) is 0. The topological polar surface area (TPSA) is 61.8 Å². The molecule has 2 aromatic carbocycles. The summed E-state index contributed by atoms with van der Waals surface area (Å²) in [7, 11) is 0. The van der Waals surface area contributed by atoms with Crippen molar-refractivity contribution in [1.82, 2.24) is 0 Å². The zero-order valence-corrected chi connectivity index (χ0v) is 17.0. The molecule has 31 heavy (non-hydrogen) atoms. The molecule has 0 radical (unpaired) electrons. The van der Waals surface area contributed by atoms with Gasteiger partial charge >= 0.3 is 18.1 Å². The largest absolute Gasteiger partial charge is 0.494 e. The lowest BCUT2D eigenvalue weighted by Crippen LogP contribution is -2.08. The lowest BCUT2D eigenvalue weighted by molar-refractivity contribution is -0.137. The molecule has 0 bridgehead atoms. The third-order valence-electron chi connectivity index (χ3n) is 4.00. The van der Waals surface area contributed by atoms with Crippen LogP contribution < -0.4 is 9.47 Å². The predicted molar refractivity (Wildman–Crippen MR) is 109 cm³/mol. The van der Waals surface area contributed by atoms with Crippen LogP contribution in [-0.2, 0) is 9.53 Å². The van der Waals surface area contributed by atoms with Crippen molar-refractivity contribution >= 4 is 18.0 Å². The summed E-state index contributed by atoms with van der Waals surface area (Å²) in [6.45, 7) is 2.19. The average molecular weight is 436 g/mol. The zero-order valence-electron chi connectivity index (χ0n) is 17.0. The number of carbonyl (C=O) groups is 2. The van der Waals surface area contributed by atoms with Crippen LogP contribution in [0.25, 0.3) is 6.08 Å². The molecule has 0 saturated carbocycles. The van der Waals surface area contributed by atoms with Crippen LogP contribution in [0.5, 0.6) is 11.5 Å². The second-order valence-corrected chi connectivity index (χ2v) is 6.49. The number of alkyl halides is 3. The number of halogens is 3. The Morgan fingerprint density at radius 3 is 2.19 bits per heavy atom. The molecule has 8 heteroatoms. The molecular formula is C23H23F3O5. The van der Waals surface area contributed by atoms with Gasteiger partial charge in [0.15, 0.2) is 0 Å². The number of rotatable bonds is 10. The van der Waals surface area contributed by atoms with Crippen LogP contribution in [0.2, 0.25) is 0 Å². The Morgan fingerprint density at radius 1 is 0.935 bits per heavy atom. The highest BCUT2D eigenvalue weighted by Crippen LogP contribution is 2.23. The molecule has 0 fully saturated rings. The van der Waals surface area contributed by atoms with Crippen molar-refractivity contribution in [2.24, 2.45) is 0 Å². The van der Waals surface area contributed by atoms with Gasteiger partial charge < -0.3 is 14.2 Å². The summed E-state index contributed by atoms with van der Waals surface area (Å²) in [6, 6.07) is 12.7. The summed E-state index contributed by atoms with van der Waals surface area (Å²) < 4.78 is 51.7. The molecule has 0 aromatic heterocycles. The Morgan fingerprint density at radius 2 is 1.58 bits per heavy atom. The minimum Gasteiger partial charge on any atom is -0.494 e. The fraction of sp³-hybridized carbons (Fsp3) is 0.304. The lowest BCUT2D eigenvalue weighted by Gasteiger charge is -2.09. The van der Waals surface area contributed by atoms with Crippen molar-refractivity contribution < 1.29 is 37.0 Å². The van der Waals surface area contributed by atoms with Crippen LogP contribution in [0.15, 0.2) is 54.6 Å². The first-order valence-electron chi connectivity index (χ1n) is 9.73. The number of benzene rings is 2. The van der Waals surface area contributed by atoms with Gasteiger partial charge in [0.05, 0.1) is 18.8 Å². The number of hydrogen-bond acceptors (Lipinski definition) is 5. The third-order valence-corrected chi connectivity index (χ3v) is 4.00. The fourth-order valence-electron chi connectivity index (χ4n) is 2.47. The van der Waals surface area contributed by atoms with Gasteiger partial charge in [0, 0.05) is 12.5 Å². The number of unbranched alkanes of at least 4 members (excludes halogenated alkanes) is 1. The molecule has 2 aromatic rings. The molecule has 0 saturated heterocycles. The van der Waals surface area contributed by atoms with Gasteiger partial charge in [-0.2, -0.15) is 13.2 Å². The zero-order chi connectivity index (χ0) is 22.7. The molecule has 0 heterocycles. The van der Waals surface area contributed by atoms with E-state index in [0.29, 0.717) is 30.1 Å². The van der Waals surface area contributed by atoms with E-state index in [0.717, 1.165) is 5.56 Å². The van der Waals surface area contributed by atoms with Gasteiger partial charge in [-0.3, -0.25) is 0 Å². The maximum absolute atomic E-state index is 12.2. The van der Waals surface area contributed by atoms with Crippen LogP contribution in [0.4, 0.5) is 13.2 Å². The van der Waals surface area contributed by atoms with Gasteiger partial charge in [0.1, 0.15) is 11.5 Å². The van der Waals surface area contributed by atoms with Gasteiger partial charge in [-0.1, -0.05) is 12.1 Å². The molecule has 0 atom stereocenters. The Kier molecular flexibility index (Phi) is 9.12. The average Bonchev–Trinajstić information content (AvgIpc) is 2.73. The van der Waals surface area contributed by atoms with Crippen molar-refractivity contribution in [2.45, 2.75) is 32.4 Å². The highest BCUT2D eigenvalue weighted by atomic mass is 19.4. The molecule has 0 aliphatic rings. The van der Waals surface area contributed by atoms with E-state index in [2.05, 4.69) is 0 Å². The smallest absolute Gasteiger partial charge is 0.389 e. The summed E-state index contributed by atoms with van der Waals surface area (Å²) >= 11 is 0. The van der Waals surface area contributed by atoms with Crippen molar-refractivity contribution in [3.05, 3.63) is 65.7 Å². The predicted octanol–water partition coefficient (Wildman–Crippen LogP) is 5.59. The van der Waals surface area contributed by atoms with Crippen LogP contribution in [0, 0.1) is 0 Å². The van der Waals surface area contributed by atoms with Gasteiger partial charge in [0.2, 0.25) is 0 Å². The summed E-state index contributed by atoms with van der Waals surface area (Å²) in [4.78, 5) is 23.6. The highest BCUT2D eigenvalue weighted by Gasteiger charge is 2.25. The van der Waals surface area contributed by atoms with E-state index in [4.69, 9.17) is 14.2 Å². The van der Waals surface area contributed by atoms with E-state index >= 15 is 0 Å². The highest BCUT2D eigenvalue weighted by molar-refractivity contribution is 5.91. The van der Waals surface area contributed by atoms with E-state index in [1.807, 2.05) is 0 Å². The molecule has 5 nitrogen and oxygen atoms in total. The van der Waals surface area contributed by atoms with Crippen LogP contribution in [-0.4, -0.2) is 31.3 Å². The number of ether oxygens (including phenoxy) is 3. The van der Waals surface area contributed by atoms with Crippen LogP contribution in [0.1, 0.15) is 42.1 Å². The van der Waals surface area contributed by atoms with Crippen molar-refractivity contribution in [3.63, 3.8) is 0 Å².